The highest BCUT2D eigenvalue weighted by atomic mass is 16.3. The summed E-state index contributed by atoms with van der Waals surface area (Å²) in [6.07, 6.45) is 15.5. The Bertz CT molecular complexity index is 377. The molecule has 3 nitrogen and oxygen atoms in total. The molecule has 0 aromatic carbocycles. The van der Waals surface area contributed by atoms with Gasteiger partial charge in [0.1, 0.15) is 0 Å². The van der Waals surface area contributed by atoms with Gasteiger partial charge in [0.15, 0.2) is 0 Å². The topological polar surface area (TPSA) is 59.1 Å². The molecule has 0 fully saturated rings. The molecule has 1 rings (SSSR count). The summed E-state index contributed by atoms with van der Waals surface area (Å²) in [6, 6.07) is 5.32. The summed E-state index contributed by atoms with van der Waals surface area (Å²) in [5, 5.41) is 8.52. The Morgan fingerprint density at radius 3 is 1.92 bits per heavy atom. The first-order chi connectivity index (χ1) is 11.4. The average Bonchev–Trinajstić information content (AvgIpc) is 2.54. The molecule has 0 saturated carbocycles. The van der Waals surface area contributed by atoms with Gasteiger partial charge in [0, 0.05) is 18.3 Å². The van der Waals surface area contributed by atoms with Crippen molar-refractivity contribution in [3.05, 3.63) is 24.4 Å². The number of aromatic nitrogens is 1. The molecule has 0 spiro atoms. The zero-order valence-corrected chi connectivity index (χ0v) is 16.4. The SMILES string of the molecule is CCCCCCCCCCCC(C)(C)C(C)N.Oc1ccccn1. The fourth-order valence-corrected chi connectivity index (χ4v) is 2.47. The Balaban J connectivity index is 0.000000620. The number of hydrogen-bond donors (Lipinski definition) is 2. The summed E-state index contributed by atoms with van der Waals surface area (Å²) in [5.74, 6) is 0.0718. The van der Waals surface area contributed by atoms with Crippen molar-refractivity contribution in [3.8, 4) is 5.88 Å². The van der Waals surface area contributed by atoms with Gasteiger partial charge >= 0.3 is 0 Å². The van der Waals surface area contributed by atoms with Gasteiger partial charge in [-0.2, -0.15) is 0 Å². The van der Waals surface area contributed by atoms with Gasteiger partial charge < -0.3 is 10.8 Å². The Kier molecular flexibility index (Phi) is 13.6. The monoisotopic (exact) mass is 336 g/mol. The average molecular weight is 337 g/mol. The smallest absolute Gasteiger partial charge is 0.210 e. The quantitative estimate of drug-likeness (QED) is 0.482. The molecule has 3 N–H and O–H groups in total. The van der Waals surface area contributed by atoms with E-state index in [2.05, 4.69) is 32.7 Å². The van der Waals surface area contributed by atoms with E-state index in [-0.39, 0.29) is 5.88 Å². The molecule has 0 amide bonds. The van der Waals surface area contributed by atoms with Crippen molar-refractivity contribution in [2.45, 2.75) is 97.9 Å². The van der Waals surface area contributed by atoms with Crippen LogP contribution in [0.15, 0.2) is 24.4 Å². The van der Waals surface area contributed by atoms with E-state index in [1.54, 1.807) is 12.1 Å². The Hall–Kier alpha value is -1.09. The van der Waals surface area contributed by atoms with Gasteiger partial charge in [0.2, 0.25) is 5.88 Å². The molecule has 0 saturated heterocycles. The van der Waals surface area contributed by atoms with Crippen molar-refractivity contribution in [2.24, 2.45) is 11.1 Å². The molecular formula is C21H40N2O. The van der Waals surface area contributed by atoms with Gasteiger partial charge in [-0.25, -0.2) is 4.98 Å². The minimum atomic E-state index is 0.0718. The van der Waals surface area contributed by atoms with Crippen LogP contribution < -0.4 is 5.73 Å². The van der Waals surface area contributed by atoms with Crippen molar-refractivity contribution in [3.63, 3.8) is 0 Å². The van der Waals surface area contributed by atoms with E-state index in [1.807, 2.05) is 0 Å². The van der Waals surface area contributed by atoms with Gasteiger partial charge in [0.25, 0.3) is 0 Å². The van der Waals surface area contributed by atoms with Crippen LogP contribution in [-0.2, 0) is 0 Å². The predicted octanol–water partition coefficient (Wildman–Crippen LogP) is 6.07. The van der Waals surface area contributed by atoms with Crippen LogP contribution in [0.5, 0.6) is 5.88 Å². The summed E-state index contributed by atoms with van der Waals surface area (Å²) in [5.41, 5.74) is 6.30. The number of nitrogens with two attached hydrogens (primary N) is 1. The second-order valence-electron chi connectivity index (χ2n) is 7.54. The molecule has 1 heterocycles. The van der Waals surface area contributed by atoms with Gasteiger partial charge in [-0.15, -0.1) is 0 Å². The van der Waals surface area contributed by atoms with E-state index < -0.39 is 0 Å². The molecule has 0 aliphatic carbocycles. The molecule has 24 heavy (non-hydrogen) atoms. The fourth-order valence-electron chi connectivity index (χ4n) is 2.47. The van der Waals surface area contributed by atoms with Crippen molar-refractivity contribution < 1.29 is 5.11 Å². The number of pyridine rings is 1. The van der Waals surface area contributed by atoms with Gasteiger partial charge in [0.05, 0.1) is 0 Å². The Morgan fingerprint density at radius 1 is 1.00 bits per heavy atom. The molecule has 0 aliphatic heterocycles. The first kappa shape index (κ1) is 22.9. The van der Waals surface area contributed by atoms with Crippen LogP contribution in [0.1, 0.15) is 91.9 Å². The molecule has 0 bridgehead atoms. The Morgan fingerprint density at radius 2 is 1.54 bits per heavy atom. The minimum absolute atomic E-state index is 0.0718. The lowest BCUT2D eigenvalue weighted by Gasteiger charge is -2.28. The second kappa shape index (κ2) is 14.3. The number of unbranched alkanes of at least 4 members (excludes halogenated alkanes) is 8. The van der Waals surface area contributed by atoms with Crippen LogP contribution in [0, 0.1) is 5.41 Å². The highest BCUT2D eigenvalue weighted by Crippen LogP contribution is 2.26. The second-order valence-corrected chi connectivity index (χ2v) is 7.54. The van der Waals surface area contributed by atoms with Crippen LogP contribution in [0.3, 0.4) is 0 Å². The van der Waals surface area contributed by atoms with E-state index in [4.69, 9.17) is 10.8 Å². The number of rotatable bonds is 11. The van der Waals surface area contributed by atoms with Crippen LogP contribution in [0.4, 0.5) is 0 Å². The molecule has 140 valence electrons. The number of nitrogens with zero attached hydrogens (tertiary/aromatic N) is 1. The summed E-state index contributed by atoms with van der Waals surface area (Å²) >= 11 is 0. The molecule has 1 unspecified atom stereocenters. The van der Waals surface area contributed by atoms with Crippen molar-refractivity contribution in [1.82, 2.24) is 4.98 Å². The maximum absolute atomic E-state index is 8.52. The first-order valence-electron chi connectivity index (χ1n) is 9.75. The van der Waals surface area contributed by atoms with E-state index in [9.17, 15) is 0 Å². The predicted molar refractivity (Wildman–Crippen MR) is 105 cm³/mol. The van der Waals surface area contributed by atoms with E-state index in [0.29, 0.717) is 11.5 Å². The van der Waals surface area contributed by atoms with E-state index >= 15 is 0 Å². The normalized spacial score (nSPS) is 12.4. The van der Waals surface area contributed by atoms with Crippen LogP contribution in [-0.4, -0.2) is 16.1 Å². The maximum atomic E-state index is 8.52. The third kappa shape index (κ3) is 13.4. The first-order valence-corrected chi connectivity index (χ1v) is 9.75. The van der Waals surface area contributed by atoms with Gasteiger partial charge in [-0.3, -0.25) is 0 Å². The lowest BCUT2D eigenvalue weighted by Crippen LogP contribution is -2.34. The van der Waals surface area contributed by atoms with Crippen LogP contribution >= 0.6 is 0 Å². The molecule has 1 aromatic rings. The largest absolute Gasteiger partial charge is 0.493 e. The lowest BCUT2D eigenvalue weighted by atomic mass is 9.81. The van der Waals surface area contributed by atoms with Gasteiger partial charge in [-0.05, 0) is 24.8 Å². The standard InChI is InChI=1S/C16H35N.C5H5NO/c1-5-6-7-8-9-10-11-12-13-14-16(3,4)15(2)17;7-5-3-1-2-4-6-5/h15H,5-14,17H2,1-4H3;1-4H,(H,6,7). The maximum Gasteiger partial charge on any atom is 0.210 e. The summed E-state index contributed by atoms with van der Waals surface area (Å²) < 4.78 is 0. The summed E-state index contributed by atoms with van der Waals surface area (Å²) in [6.45, 7) is 9.00. The van der Waals surface area contributed by atoms with Crippen molar-refractivity contribution >= 4 is 0 Å². The van der Waals surface area contributed by atoms with E-state index in [0.717, 1.165) is 0 Å². The summed E-state index contributed by atoms with van der Waals surface area (Å²) in [4.78, 5) is 3.53. The van der Waals surface area contributed by atoms with Crippen molar-refractivity contribution in [2.75, 3.05) is 0 Å². The van der Waals surface area contributed by atoms with Crippen LogP contribution in [0.25, 0.3) is 0 Å². The summed E-state index contributed by atoms with van der Waals surface area (Å²) in [7, 11) is 0. The van der Waals surface area contributed by atoms with Gasteiger partial charge in [-0.1, -0.05) is 84.6 Å². The van der Waals surface area contributed by atoms with Crippen molar-refractivity contribution in [1.29, 1.82) is 0 Å². The lowest BCUT2D eigenvalue weighted by molar-refractivity contribution is 0.266. The third-order valence-corrected chi connectivity index (χ3v) is 4.81. The molecule has 1 atom stereocenters. The minimum Gasteiger partial charge on any atom is -0.493 e. The molecule has 0 aliphatic rings. The highest BCUT2D eigenvalue weighted by Gasteiger charge is 2.21. The van der Waals surface area contributed by atoms with Crippen LogP contribution in [0.2, 0.25) is 0 Å². The molecule has 0 radical (unpaired) electrons. The zero-order chi connectivity index (χ0) is 18.3. The van der Waals surface area contributed by atoms with E-state index in [1.165, 1.54) is 76.5 Å². The number of hydrogen-bond acceptors (Lipinski definition) is 3. The zero-order valence-electron chi connectivity index (χ0n) is 16.4. The molecular weight excluding hydrogens is 296 g/mol. The fraction of sp³-hybridized carbons (Fsp3) is 0.762. The highest BCUT2D eigenvalue weighted by molar-refractivity contribution is 5.06. The third-order valence-electron chi connectivity index (χ3n) is 4.81. The molecule has 3 heteroatoms. The molecule has 1 aromatic heterocycles. The number of aromatic hydroxyl groups is 1. The Labute approximate surface area is 150 Å².